The Kier molecular flexibility index (Phi) is 5.61. The van der Waals surface area contributed by atoms with Crippen LogP contribution in [-0.2, 0) is 20.7 Å². The van der Waals surface area contributed by atoms with Gasteiger partial charge in [-0.3, -0.25) is 0 Å². The average Bonchev–Trinajstić information content (AvgIpc) is 2.77. The summed E-state index contributed by atoms with van der Waals surface area (Å²) in [5.74, 6) is -1.37. The van der Waals surface area contributed by atoms with Gasteiger partial charge < -0.3 is 14.6 Å². The lowest BCUT2D eigenvalue weighted by molar-refractivity contribution is -0.165. The van der Waals surface area contributed by atoms with Crippen molar-refractivity contribution in [2.24, 2.45) is 0 Å². The summed E-state index contributed by atoms with van der Waals surface area (Å²) in [6.07, 6.45) is -1.20. The molecule has 0 aromatic heterocycles. The van der Waals surface area contributed by atoms with Crippen LogP contribution >= 0.6 is 0 Å². The van der Waals surface area contributed by atoms with Gasteiger partial charge in [-0.2, -0.15) is 0 Å². The molecule has 5 heteroatoms. The molecule has 0 aliphatic carbocycles. The van der Waals surface area contributed by atoms with Gasteiger partial charge in [0, 0.05) is 11.8 Å². The van der Waals surface area contributed by atoms with E-state index >= 15 is 0 Å². The normalized spacial score (nSPS) is 11.9. The van der Waals surface area contributed by atoms with E-state index in [2.05, 4.69) is 0 Å². The summed E-state index contributed by atoms with van der Waals surface area (Å²) in [7, 11) is 0. The molecule has 5 nitrogen and oxygen atoms in total. The van der Waals surface area contributed by atoms with E-state index in [0.717, 1.165) is 27.1 Å². The zero-order valence-corrected chi connectivity index (χ0v) is 16.2. The number of carbonyl (C=O) groups excluding carboxylic acids is 1. The molecule has 0 unspecified atom stereocenters. The first kappa shape index (κ1) is 19.5. The highest BCUT2D eigenvalue weighted by Crippen LogP contribution is 2.25. The maximum absolute atomic E-state index is 12.3. The molecular formula is C25H20O5. The molecule has 0 bridgehead atoms. The van der Waals surface area contributed by atoms with Gasteiger partial charge in [-0.15, -0.1) is 0 Å². The third-order valence-electron chi connectivity index (χ3n) is 4.88. The van der Waals surface area contributed by atoms with Crippen molar-refractivity contribution in [1.82, 2.24) is 0 Å². The van der Waals surface area contributed by atoms with Crippen LogP contribution < -0.4 is 4.74 Å². The average molecular weight is 400 g/mol. The molecule has 1 N–H and O–H groups in total. The summed E-state index contributed by atoms with van der Waals surface area (Å²) in [6, 6.07) is 26.7. The van der Waals surface area contributed by atoms with Gasteiger partial charge in [-0.25, -0.2) is 9.59 Å². The minimum atomic E-state index is -1.28. The van der Waals surface area contributed by atoms with Crippen LogP contribution in [0.1, 0.15) is 5.56 Å². The Morgan fingerprint density at radius 1 is 0.800 bits per heavy atom. The zero-order valence-electron chi connectivity index (χ0n) is 16.2. The van der Waals surface area contributed by atoms with Crippen LogP contribution in [-0.4, -0.2) is 29.8 Å². The van der Waals surface area contributed by atoms with E-state index in [1.165, 1.54) is 0 Å². The van der Waals surface area contributed by atoms with Crippen LogP contribution in [0.15, 0.2) is 84.9 Å². The van der Waals surface area contributed by atoms with Crippen molar-refractivity contribution in [2.45, 2.75) is 12.5 Å². The van der Waals surface area contributed by atoms with E-state index in [4.69, 9.17) is 9.47 Å². The first-order valence-corrected chi connectivity index (χ1v) is 9.61. The van der Waals surface area contributed by atoms with Crippen LogP contribution in [0, 0.1) is 0 Å². The quantitative estimate of drug-likeness (QED) is 0.459. The minimum Gasteiger partial charge on any atom is -0.481 e. The van der Waals surface area contributed by atoms with Gasteiger partial charge in [0.05, 0.1) is 0 Å². The highest BCUT2D eigenvalue weighted by atomic mass is 16.6. The van der Waals surface area contributed by atoms with Crippen molar-refractivity contribution in [2.75, 3.05) is 6.61 Å². The number of hydrogen-bond acceptors (Lipinski definition) is 4. The van der Waals surface area contributed by atoms with Gasteiger partial charge >= 0.3 is 11.9 Å². The standard InChI is InChI=1S/C25H20O5/c26-24(16-29-22-11-5-9-19-7-3-4-10-21(19)22)30-23(25(27)28)15-17-12-13-18-6-1-2-8-20(18)14-17/h1-14,23H,15-16H2,(H,27,28)/t23-/m1/s1. The Labute approximate surface area is 173 Å². The number of hydrogen-bond donors (Lipinski definition) is 1. The number of carboxylic acid groups (broad SMARTS) is 1. The predicted octanol–water partition coefficient (Wildman–Crippen LogP) is 4.61. The lowest BCUT2D eigenvalue weighted by atomic mass is 10.0. The second-order valence-electron chi connectivity index (χ2n) is 6.97. The number of aliphatic carboxylic acids is 1. The maximum atomic E-state index is 12.3. The topological polar surface area (TPSA) is 72.8 Å². The second-order valence-corrected chi connectivity index (χ2v) is 6.97. The second kappa shape index (κ2) is 8.66. The SMILES string of the molecule is O=C(COc1cccc2ccccc12)O[C@H](Cc1ccc2ccccc2c1)C(=O)O. The lowest BCUT2D eigenvalue weighted by Crippen LogP contribution is -2.31. The third kappa shape index (κ3) is 4.41. The number of fused-ring (bicyclic) bond motifs is 2. The van der Waals surface area contributed by atoms with Crippen LogP contribution in [0.25, 0.3) is 21.5 Å². The maximum Gasteiger partial charge on any atom is 0.345 e. The van der Waals surface area contributed by atoms with E-state index in [0.29, 0.717) is 5.75 Å². The van der Waals surface area contributed by atoms with Crippen LogP contribution in [0.3, 0.4) is 0 Å². The van der Waals surface area contributed by atoms with Crippen molar-refractivity contribution >= 4 is 33.5 Å². The van der Waals surface area contributed by atoms with Crippen molar-refractivity contribution < 1.29 is 24.2 Å². The molecule has 4 aromatic rings. The molecule has 30 heavy (non-hydrogen) atoms. The smallest absolute Gasteiger partial charge is 0.345 e. The Hall–Kier alpha value is -3.86. The molecule has 0 spiro atoms. The van der Waals surface area contributed by atoms with Crippen molar-refractivity contribution in [3.8, 4) is 5.75 Å². The lowest BCUT2D eigenvalue weighted by Gasteiger charge is -2.15. The Balaban J connectivity index is 1.42. The highest BCUT2D eigenvalue weighted by Gasteiger charge is 2.23. The van der Waals surface area contributed by atoms with Gasteiger partial charge in [-0.05, 0) is 27.8 Å². The molecule has 0 fully saturated rings. The van der Waals surface area contributed by atoms with E-state index in [1.54, 1.807) is 6.07 Å². The zero-order chi connectivity index (χ0) is 20.9. The van der Waals surface area contributed by atoms with Gasteiger partial charge in [0.15, 0.2) is 6.61 Å². The van der Waals surface area contributed by atoms with E-state index in [-0.39, 0.29) is 13.0 Å². The molecule has 0 amide bonds. The molecule has 0 saturated heterocycles. The Bertz CT molecular complexity index is 1210. The first-order valence-electron chi connectivity index (χ1n) is 9.61. The monoisotopic (exact) mass is 400 g/mol. The molecule has 4 rings (SSSR count). The summed E-state index contributed by atoms with van der Waals surface area (Å²) in [6.45, 7) is -0.366. The summed E-state index contributed by atoms with van der Waals surface area (Å²) in [4.78, 5) is 23.9. The fourth-order valence-electron chi connectivity index (χ4n) is 3.41. The molecule has 150 valence electrons. The summed E-state index contributed by atoms with van der Waals surface area (Å²) in [5, 5.41) is 13.4. The highest BCUT2D eigenvalue weighted by molar-refractivity contribution is 5.88. The summed E-state index contributed by atoms with van der Waals surface area (Å²) in [5.41, 5.74) is 0.781. The van der Waals surface area contributed by atoms with Crippen molar-refractivity contribution in [3.63, 3.8) is 0 Å². The van der Waals surface area contributed by atoms with Crippen molar-refractivity contribution in [3.05, 3.63) is 90.5 Å². The molecule has 1 atom stereocenters. The van der Waals surface area contributed by atoms with E-state index in [1.807, 2.05) is 78.9 Å². The molecular weight excluding hydrogens is 380 g/mol. The number of rotatable bonds is 7. The fraction of sp³-hybridized carbons (Fsp3) is 0.120. The van der Waals surface area contributed by atoms with Gasteiger partial charge in [0.2, 0.25) is 6.10 Å². The molecule has 0 heterocycles. The number of carbonyl (C=O) groups is 2. The predicted molar refractivity (Wildman–Crippen MR) is 115 cm³/mol. The molecule has 4 aromatic carbocycles. The van der Waals surface area contributed by atoms with Crippen LogP contribution in [0.4, 0.5) is 0 Å². The van der Waals surface area contributed by atoms with E-state index in [9.17, 15) is 14.7 Å². The molecule has 0 saturated carbocycles. The largest absolute Gasteiger partial charge is 0.481 e. The Morgan fingerprint density at radius 3 is 2.30 bits per heavy atom. The minimum absolute atomic E-state index is 0.0835. The number of esters is 1. The van der Waals surface area contributed by atoms with Gasteiger partial charge in [-0.1, -0.05) is 78.9 Å². The molecule has 0 radical (unpaired) electrons. The van der Waals surface area contributed by atoms with Gasteiger partial charge in [0.25, 0.3) is 0 Å². The van der Waals surface area contributed by atoms with Crippen LogP contribution in [0.5, 0.6) is 5.75 Å². The Morgan fingerprint density at radius 2 is 1.50 bits per heavy atom. The van der Waals surface area contributed by atoms with Crippen LogP contribution in [0.2, 0.25) is 0 Å². The van der Waals surface area contributed by atoms with E-state index < -0.39 is 18.0 Å². The summed E-state index contributed by atoms with van der Waals surface area (Å²) >= 11 is 0. The summed E-state index contributed by atoms with van der Waals surface area (Å²) < 4.78 is 10.8. The number of benzene rings is 4. The fourth-order valence-corrected chi connectivity index (χ4v) is 3.41. The molecule has 0 aliphatic rings. The van der Waals surface area contributed by atoms with Crippen molar-refractivity contribution in [1.29, 1.82) is 0 Å². The first-order chi connectivity index (χ1) is 14.6. The third-order valence-corrected chi connectivity index (χ3v) is 4.88. The molecule has 0 aliphatic heterocycles. The number of carboxylic acids is 1. The van der Waals surface area contributed by atoms with Gasteiger partial charge in [0.1, 0.15) is 5.75 Å². The number of ether oxygens (including phenoxy) is 2.